The molecule has 1 nitrogen and oxygen atoms in total. The lowest BCUT2D eigenvalue weighted by Gasteiger charge is -2.07. The third-order valence-corrected chi connectivity index (χ3v) is 1.99. The van der Waals surface area contributed by atoms with Gasteiger partial charge >= 0.3 is 0 Å². The summed E-state index contributed by atoms with van der Waals surface area (Å²) in [5.74, 6) is 0. The number of benzene rings is 1. The predicted octanol–water partition coefficient (Wildman–Crippen LogP) is 2.65. The number of hydrogen-bond donors (Lipinski definition) is 1. The fourth-order valence-corrected chi connectivity index (χ4v) is 1.21. The van der Waals surface area contributed by atoms with E-state index in [1.807, 2.05) is 6.92 Å². The van der Waals surface area contributed by atoms with E-state index in [4.69, 9.17) is 0 Å². The van der Waals surface area contributed by atoms with Crippen LogP contribution in [0.4, 0.5) is 8.78 Å². The van der Waals surface area contributed by atoms with Gasteiger partial charge in [-0.25, -0.2) is 8.78 Å². The predicted molar refractivity (Wildman–Crippen MR) is 48.9 cm³/mol. The molecule has 13 heavy (non-hydrogen) atoms. The quantitative estimate of drug-likeness (QED) is 0.763. The lowest BCUT2D eigenvalue weighted by molar-refractivity contribution is 0.151. The average Bonchev–Trinajstić information content (AvgIpc) is 2.08. The van der Waals surface area contributed by atoms with E-state index >= 15 is 0 Å². The molecule has 0 spiro atoms. The molecule has 0 radical (unpaired) electrons. The summed E-state index contributed by atoms with van der Waals surface area (Å²) in [6.07, 6.45) is -2.38. The zero-order valence-electron chi connectivity index (χ0n) is 7.77. The Morgan fingerprint density at radius 2 is 2.08 bits per heavy atom. The van der Waals surface area contributed by atoms with Gasteiger partial charge in [0.1, 0.15) is 0 Å². The largest absolute Gasteiger partial charge is 0.316 e. The van der Waals surface area contributed by atoms with Gasteiger partial charge in [-0.05, 0) is 31.2 Å². The van der Waals surface area contributed by atoms with E-state index in [0.29, 0.717) is 6.54 Å². The second-order valence-corrected chi connectivity index (χ2v) is 3.02. The molecule has 0 saturated heterocycles. The molecule has 1 N–H and O–H groups in total. The lowest BCUT2D eigenvalue weighted by atomic mass is 10.1. The van der Waals surface area contributed by atoms with Crippen LogP contribution in [0.5, 0.6) is 0 Å². The van der Waals surface area contributed by atoms with E-state index < -0.39 is 6.43 Å². The van der Waals surface area contributed by atoms with Crippen molar-refractivity contribution >= 4 is 0 Å². The highest BCUT2D eigenvalue weighted by Gasteiger charge is 2.08. The van der Waals surface area contributed by atoms with Crippen LogP contribution in [0.25, 0.3) is 0 Å². The monoisotopic (exact) mass is 185 g/mol. The van der Waals surface area contributed by atoms with Crippen molar-refractivity contribution in [2.75, 3.05) is 7.05 Å². The normalized spacial score (nSPS) is 10.8. The van der Waals surface area contributed by atoms with E-state index in [2.05, 4.69) is 5.32 Å². The molecule has 0 amide bonds. The van der Waals surface area contributed by atoms with E-state index in [9.17, 15) is 8.78 Å². The van der Waals surface area contributed by atoms with Crippen LogP contribution < -0.4 is 5.32 Å². The summed E-state index contributed by atoms with van der Waals surface area (Å²) >= 11 is 0. The summed E-state index contributed by atoms with van der Waals surface area (Å²) in [5.41, 5.74) is 2.06. The zero-order valence-corrected chi connectivity index (χ0v) is 7.77. The SMILES string of the molecule is CNCc1cc(C(F)F)ccc1C. The van der Waals surface area contributed by atoms with E-state index in [1.54, 1.807) is 19.2 Å². The van der Waals surface area contributed by atoms with Crippen LogP contribution in [-0.4, -0.2) is 7.05 Å². The summed E-state index contributed by atoms with van der Waals surface area (Å²) in [4.78, 5) is 0. The number of rotatable bonds is 3. The summed E-state index contributed by atoms with van der Waals surface area (Å²) in [7, 11) is 1.80. The van der Waals surface area contributed by atoms with Crippen LogP contribution in [0.15, 0.2) is 18.2 Å². The summed E-state index contributed by atoms with van der Waals surface area (Å²) in [6, 6.07) is 4.75. The van der Waals surface area contributed by atoms with Gasteiger partial charge < -0.3 is 5.32 Å². The van der Waals surface area contributed by atoms with Gasteiger partial charge in [-0.2, -0.15) is 0 Å². The number of halogens is 2. The maximum absolute atomic E-state index is 12.3. The van der Waals surface area contributed by atoms with Crippen LogP contribution in [-0.2, 0) is 6.54 Å². The van der Waals surface area contributed by atoms with Gasteiger partial charge in [0.05, 0.1) is 0 Å². The molecule has 1 aromatic carbocycles. The molecular weight excluding hydrogens is 172 g/mol. The maximum Gasteiger partial charge on any atom is 0.263 e. The van der Waals surface area contributed by atoms with Gasteiger partial charge in [0.2, 0.25) is 0 Å². The molecule has 0 unspecified atom stereocenters. The first kappa shape index (κ1) is 10.1. The Bertz CT molecular complexity index is 284. The first-order valence-corrected chi connectivity index (χ1v) is 4.17. The summed E-state index contributed by atoms with van der Waals surface area (Å²) in [5, 5.41) is 2.95. The molecule has 1 rings (SSSR count). The highest BCUT2D eigenvalue weighted by Crippen LogP contribution is 2.21. The third-order valence-electron chi connectivity index (χ3n) is 1.99. The molecule has 0 aliphatic heterocycles. The molecule has 0 atom stereocenters. The highest BCUT2D eigenvalue weighted by atomic mass is 19.3. The van der Waals surface area contributed by atoms with Crippen molar-refractivity contribution < 1.29 is 8.78 Å². The first-order chi connectivity index (χ1) is 6.15. The number of aryl methyl sites for hydroxylation is 1. The number of alkyl halides is 2. The Hall–Kier alpha value is -0.960. The Balaban J connectivity index is 2.97. The molecule has 0 fully saturated rings. The van der Waals surface area contributed by atoms with Gasteiger partial charge in [-0.1, -0.05) is 12.1 Å². The second kappa shape index (κ2) is 4.33. The first-order valence-electron chi connectivity index (χ1n) is 4.17. The van der Waals surface area contributed by atoms with Crippen LogP contribution >= 0.6 is 0 Å². The smallest absolute Gasteiger partial charge is 0.263 e. The molecule has 0 aliphatic rings. The Morgan fingerprint density at radius 1 is 1.38 bits per heavy atom. The van der Waals surface area contributed by atoms with Crippen LogP contribution in [0, 0.1) is 6.92 Å². The van der Waals surface area contributed by atoms with Crippen molar-refractivity contribution in [1.82, 2.24) is 5.32 Å². The van der Waals surface area contributed by atoms with Crippen LogP contribution in [0.1, 0.15) is 23.1 Å². The molecule has 0 heterocycles. The van der Waals surface area contributed by atoms with Crippen LogP contribution in [0.3, 0.4) is 0 Å². The zero-order chi connectivity index (χ0) is 9.84. The molecule has 3 heteroatoms. The van der Waals surface area contributed by atoms with Gasteiger partial charge in [-0.15, -0.1) is 0 Å². The molecular formula is C10H13F2N. The molecule has 0 aliphatic carbocycles. The van der Waals surface area contributed by atoms with Crippen molar-refractivity contribution in [3.63, 3.8) is 0 Å². The van der Waals surface area contributed by atoms with E-state index in [0.717, 1.165) is 11.1 Å². The van der Waals surface area contributed by atoms with Crippen molar-refractivity contribution in [2.45, 2.75) is 19.9 Å². The average molecular weight is 185 g/mol. The summed E-state index contributed by atoms with van der Waals surface area (Å²) in [6.45, 7) is 2.55. The lowest BCUT2D eigenvalue weighted by Crippen LogP contribution is -2.07. The second-order valence-electron chi connectivity index (χ2n) is 3.02. The molecule has 0 saturated carbocycles. The fraction of sp³-hybridized carbons (Fsp3) is 0.400. The van der Waals surface area contributed by atoms with Crippen molar-refractivity contribution in [1.29, 1.82) is 0 Å². The fourth-order valence-electron chi connectivity index (χ4n) is 1.21. The van der Waals surface area contributed by atoms with Crippen molar-refractivity contribution in [3.8, 4) is 0 Å². The minimum Gasteiger partial charge on any atom is -0.316 e. The number of nitrogens with one attached hydrogen (secondary N) is 1. The Labute approximate surface area is 76.8 Å². The van der Waals surface area contributed by atoms with E-state index in [-0.39, 0.29) is 5.56 Å². The highest BCUT2D eigenvalue weighted by molar-refractivity contribution is 5.31. The van der Waals surface area contributed by atoms with Crippen molar-refractivity contribution in [3.05, 3.63) is 34.9 Å². The minimum absolute atomic E-state index is 0.0934. The minimum atomic E-state index is -2.38. The number of hydrogen-bond acceptors (Lipinski definition) is 1. The molecule has 0 bridgehead atoms. The Morgan fingerprint density at radius 3 is 2.62 bits per heavy atom. The van der Waals surface area contributed by atoms with Gasteiger partial charge in [0.15, 0.2) is 0 Å². The van der Waals surface area contributed by atoms with Gasteiger partial charge in [0, 0.05) is 12.1 Å². The van der Waals surface area contributed by atoms with Gasteiger partial charge in [-0.3, -0.25) is 0 Å². The molecule has 0 aromatic heterocycles. The maximum atomic E-state index is 12.3. The Kier molecular flexibility index (Phi) is 3.37. The van der Waals surface area contributed by atoms with E-state index in [1.165, 1.54) is 6.07 Å². The van der Waals surface area contributed by atoms with Crippen LogP contribution in [0.2, 0.25) is 0 Å². The third kappa shape index (κ3) is 2.49. The van der Waals surface area contributed by atoms with Gasteiger partial charge in [0.25, 0.3) is 6.43 Å². The standard InChI is InChI=1S/C10H13F2N/c1-7-3-4-8(10(11)12)5-9(7)6-13-2/h3-5,10,13H,6H2,1-2H3. The molecule has 1 aromatic rings. The summed E-state index contributed by atoms with van der Waals surface area (Å²) < 4.78 is 24.6. The molecule has 72 valence electrons. The topological polar surface area (TPSA) is 12.0 Å². The van der Waals surface area contributed by atoms with Crippen molar-refractivity contribution in [2.24, 2.45) is 0 Å².